The molecular formula is C15H36I2N6O7Re2S2. The van der Waals surface area contributed by atoms with Crippen molar-refractivity contribution in [2.75, 3.05) is 45.3 Å². The summed E-state index contributed by atoms with van der Waals surface area (Å²) in [6.07, 6.45) is 1.47. The van der Waals surface area contributed by atoms with Crippen molar-refractivity contribution in [2.24, 2.45) is 10.8 Å². The molecule has 0 bridgehead atoms. The first-order chi connectivity index (χ1) is 15.3. The molecule has 0 aromatic carbocycles. The van der Waals surface area contributed by atoms with Gasteiger partial charge in [-0.2, -0.15) is 8.61 Å². The molecule has 0 aromatic heterocycles. The molecule has 0 aromatic rings. The molecule has 19 heteroatoms. The molecule has 13 nitrogen and oxygen atoms in total. The van der Waals surface area contributed by atoms with Gasteiger partial charge in [0.1, 0.15) is 0 Å². The molecule has 2 saturated heterocycles. The third kappa shape index (κ3) is 19.8. The van der Waals surface area contributed by atoms with E-state index in [2.05, 4.69) is 49.1 Å². The van der Waals surface area contributed by atoms with Gasteiger partial charge < -0.3 is 21.1 Å². The number of halogens is 2. The molecular weight excluding hydrogens is 1070 g/mol. The monoisotopic (exact) mass is 1100 g/mol. The molecule has 208 valence electrons. The maximum absolute atomic E-state index is 11.1. The Balaban J connectivity index is -0.000000206. The summed E-state index contributed by atoms with van der Waals surface area (Å²) in [5, 5.41) is 29.7. The summed E-state index contributed by atoms with van der Waals surface area (Å²) < 4.78 is 46.7. The Labute approximate surface area is 246 Å². The van der Waals surface area contributed by atoms with Crippen molar-refractivity contribution >= 4 is 59.1 Å². The minimum absolute atomic E-state index is 0. The van der Waals surface area contributed by atoms with Crippen molar-refractivity contribution in [2.45, 2.75) is 51.5 Å². The van der Waals surface area contributed by atoms with E-state index >= 15 is 0 Å². The number of sulfonamides is 2. The number of hydrogen-bond donors (Lipinski definition) is 4. The topological polar surface area (TPSA) is 210 Å². The summed E-state index contributed by atoms with van der Waals surface area (Å²) in [5.41, 5.74) is 13.7. The van der Waals surface area contributed by atoms with Crippen LogP contribution in [0.2, 0.25) is 0 Å². The number of piperidine rings is 2. The second-order valence-electron chi connectivity index (χ2n) is 6.71. The zero-order chi connectivity index (χ0) is 26.8. The number of β-amino-alcohol motifs (C(OH)–C–C–N with tert-alkyl or cyclic N) is 2. The van der Waals surface area contributed by atoms with Crippen LogP contribution in [0.1, 0.15) is 27.2 Å². The Hall–Kier alpha value is 1.75. The van der Waals surface area contributed by atoms with Gasteiger partial charge in [-0.05, 0) is 25.3 Å². The van der Waals surface area contributed by atoms with E-state index < -0.39 is 38.3 Å². The zero-order valence-corrected chi connectivity index (χ0v) is 29.8. The average Bonchev–Trinajstić information content (AvgIpc) is 2.74. The zero-order valence-electron chi connectivity index (χ0n) is 18.4. The molecule has 0 radical (unpaired) electrons. The number of rotatable bonds is 3. The fraction of sp³-hybridized carbons (Fsp3) is 1.00. The number of aliphatic hydroxyl groups excluding tert-OH is 3. The van der Waals surface area contributed by atoms with Crippen LogP contribution >= 0.6 is 39.0 Å². The third-order valence-corrected chi connectivity index (χ3v) is 6.78. The van der Waals surface area contributed by atoms with E-state index in [1.807, 2.05) is 0 Å². The van der Waals surface area contributed by atoms with Gasteiger partial charge in [0.25, 0.3) is 0 Å². The van der Waals surface area contributed by atoms with Crippen LogP contribution in [-0.2, 0) is 51.2 Å². The van der Waals surface area contributed by atoms with Crippen LogP contribution in [0.25, 0.3) is 10.4 Å². The molecule has 2 rings (SSSR count). The van der Waals surface area contributed by atoms with Crippen LogP contribution in [0.15, 0.2) is 5.11 Å². The number of nitrogens with two attached hydrogens (primary N) is 1. The second kappa shape index (κ2) is 23.8. The fourth-order valence-corrected chi connectivity index (χ4v) is 4.34. The van der Waals surface area contributed by atoms with Crippen molar-refractivity contribution in [1.29, 1.82) is 0 Å². The Bertz CT molecular complexity index is 764. The van der Waals surface area contributed by atoms with Gasteiger partial charge in [-0.15, -0.1) is 0 Å². The Morgan fingerprint density at radius 2 is 1.35 bits per heavy atom. The van der Waals surface area contributed by atoms with Crippen molar-refractivity contribution in [1.82, 2.24) is 8.61 Å². The first kappa shape index (κ1) is 42.8. The summed E-state index contributed by atoms with van der Waals surface area (Å²) in [4.78, 5) is 2.59. The minimum atomic E-state index is -3.26. The van der Waals surface area contributed by atoms with E-state index in [-0.39, 0.29) is 33.2 Å². The van der Waals surface area contributed by atoms with Crippen LogP contribution in [0.5, 0.6) is 0 Å². The molecule has 0 unspecified atom stereocenters. The van der Waals surface area contributed by atoms with E-state index in [0.717, 1.165) is 12.5 Å². The molecule has 0 amide bonds. The van der Waals surface area contributed by atoms with Crippen molar-refractivity contribution in [3.63, 3.8) is 0 Å². The van der Waals surface area contributed by atoms with Crippen molar-refractivity contribution in [3.8, 4) is 0 Å². The molecule has 0 aliphatic carbocycles. The van der Waals surface area contributed by atoms with Crippen LogP contribution in [-0.4, -0.2) is 110 Å². The molecule has 0 saturated carbocycles. The van der Waals surface area contributed by atoms with E-state index in [1.54, 1.807) is 38.1 Å². The molecule has 34 heavy (non-hydrogen) atoms. The van der Waals surface area contributed by atoms with Gasteiger partial charge in [-0.3, -0.25) is 0 Å². The number of hydrogen-bond acceptors (Lipinski definition) is 9. The standard InChI is InChI=1S/C6H12N4O3S.C6H14N2O3S.C2H6O.CH4.2HI.2Re/c1-14(12,13)10-3-2-5(8-9-7)6(11)4-10;1-12(10,11)8-3-2-5(7)6(9)4-8;1-2-3;;;;;/h5-6,11H,2-4H2,1H3;5-6,9H,2-4,7H2,1H3;3H,2H2,1H3;1H4;2*1H;;/q;;;;;;2*+1/p-2/t2*5-,6-;;;;;;/m11....../s1. The molecule has 2 aliphatic heterocycles. The van der Waals surface area contributed by atoms with Crippen LogP contribution in [0.4, 0.5) is 0 Å². The number of aliphatic hydroxyl groups is 3. The van der Waals surface area contributed by atoms with Crippen LogP contribution in [0, 0.1) is 0 Å². The van der Waals surface area contributed by atoms with E-state index in [0.29, 0.717) is 25.9 Å². The molecule has 4 atom stereocenters. The van der Waals surface area contributed by atoms with E-state index in [9.17, 15) is 27.0 Å². The van der Waals surface area contributed by atoms with Gasteiger partial charge in [-0.1, -0.05) is 12.5 Å². The molecule has 2 fully saturated rings. The summed E-state index contributed by atoms with van der Waals surface area (Å²) in [5.74, 6) is 0. The Morgan fingerprint density at radius 3 is 1.65 bits per heavy atom. The summed E-state index contributed by atoms with van der Waals surface area (Å²) in [7, 11) is -6.42. The Kier molecular flexibility index (Phi) is 30.0. The van der Waals surface area contributed by atoms with Crippen molar-refractivity contribution < 1.29 is 63.3 Å². The van der Waals surface area contributed by atoms with Gasteiger partial charge >= 0.3 is 70.2 Å². The van der Waals surface area contributed by atoms with Gasteiger partial charge in [0.15, 0.2) is 0 Å². The number of nitrogens with zero attached hydrogens (tertiary/aromatic N) is 5. The second-order valence-corrected chi connectivity index (χ2v) is 10.7. The van der Waals surface area contributed by atoms with E-state index in [4.69, 9.17) is 16.4 Å². The molecule has 0 spiro atoms. The first-order valence-corrected chi connectivity index (χ1v) is 28.3. The number of azide groups is 1. The van der Waals surface area contributed by atoms with Crippen molar-refractivity contribution in [3.05, 3.63) is 10.4 Å². The SMILES string of the molecule is C.CCO.CS(=O)(=O)N1CC[C@@H](N)[C@H](O)C1.CS(=O)(=O)N1CC[C@@H](N=[N+]=[N-])[C@H](O)C1.[I][Re].[I][Re]. The van der Waals surface area contributed by atoms with Gasteiger partial charge in [-0.25, -0.2) is 16.8 Å². The van der Waals surface area contributed by atoms with Crippen LogP contribution < -0.4 is 5.73 Å². The summed E-state index contributed by atoms with van der Waals surface area (Å²) >= 11 is 7.80. The maximum atomic E-state index is 11.1. The quantitative estimate of drug-likeness (QED) is 0.135. The average molecular weight is 1100 g/mol. The predicted octanol–water partition coefficient (Wildman–Crippen LogP) is 0.433. The van der Waals surface area contributed by atoms with Gasteiger partial charge in [0.05, 0.1) is 30.8 Å². The van der Waals surface area contributed by atoms with Gasteiger partial charge in [0, 0.05) is 43.7 Å². The Morgan fingerprint density at radius 1 is 1.00 bits per heavy atom. The first-order valence-electron chi connectivity index (χ1n) is 9.23. The van der Waals surface area contributed by atoms with Crippen LogP contribution in [0.3, 0.4) is 0 Å². The molecule has 5 N–H and O–H groups in total. The summed E-state index contributed by atoms with van der Waals surface area (Å²) in [6.45, 7) is 2.76. The molecule has 2 aliphatic rings. The third-order valence-electron chi connectivity index (χ3n) is 4.24. The predicted molar refractivity (Wildman–Crippen MR) is 143 cm³/mol. The fourth-order valence-electron chi connectivity index (χ4n) is 2.61. The van der Waals surface area contributed by atoms with Gasteiger partial charge in [0.2, 0.25) is 20.0 Å². The van der Waals surface area contributed by atoms with E-state index in [1.165, 1.54) is 8.61 Å². The normalized spacial score (nSPS) is 24.9. The molecule has 2 heterocycles. The summed E-state index contributed by atoms with van der Waals surface area (Å²) in [6, 6.07) is -0.805.